The van der Waals surface area contributed by atoms with E-state index in [0.29, 0.717) is 0 Å². The van der Waals surface area contributed by atoms with Crippen molar-refractivity contribution < 1.29 is 69.4 Å². The molecule has 17 heteroatoms. The van der Waals surface area contributed by atoms with Gasteiger partial charge in [-0.15, -0.1) is 0 Å². The Morgan fingerprint density at radius 1 is 0.542 bits per heavy atom. The van der Waals surface area contributed by atoms with E-state index >= 15 is 0 Å². The van der Waals surface area contributed by atoms with E-state index in [0.717, 1.165) is 0 Å². The fraction of sp³-hybridized carbons (Fsp3) is 1.00. The molecule has 0 heterocycles. The molecule has 0 N–H and O–H groups in total. The number of halogens is 14. The quantitative estimate of drug-likeness (QED) is 0.510. The van der Waals surface area contributed by atoms with Gasteiger partial charge in [0.2, 0.25) is 0 Å². The molecule has 0 aliphatic heterocycles. The van der Waals surface area contributed by atoms with Gasteiger partial charge in [0, 0.05) is 0 Å². The summed E-state index contributed by atoms with van der Waals surface area (Å²) in [6, 6.07) is 0. The van der Waals surface area contributed by atoms with E-state index in [1.807, 2.05) is 0 Å². The molecular weight excluding hydrogens is 414 g/mol. The summed E-state index contributed by atoms with van der Waals surface area (Å²) in [6.45, 7) is 0. The molecule has 0 radical (unpaired) electrons. The van der Waals surface area contributed by atoms with Crippen LogP contribution >= 0.6 is 0 Å². The van der Waals surface area contributed by atoms with Crippen LogP contribution in [0.1, 0.15) is 0 Å². The molecule has 2 nitrogen and oxygen atoms in total. The van der Waals surface area contributed by atoms with Gasteiger partial charge in [-0.2, -0.15) is 61.1 Å². The third-order valence-electron chi connectivity index (χ3n) is 3.15. The minimum absolute atomic E-state index is 7.82. The number of hydrogen-bond acceptors (Lipinski definition) is 2. The molecule has 144 valence electrons. The molecule has 1 saturated carbocycles. The first-order valence-corrected chi connectivity index (χ1v) is 6.28. The molecule has 0 saturated heterocycles. The number of rotatable bonds is 2. The van der Waals surface area contributed by atoms with Crippen molar-refractivity contribution in [1.29, 1.82) is 0 Å². The van der Waals surface area contributed by atoms with E-state index in [1.165, 1.54) is 0 Å². The van der Waals surface area contributed by atoms with Crippen LogP contribution in [-0.4, -0.2) is 49.0 Å². The van der Waals surface area contributed by atoms with Crippen LogP contribution in [0.5, 0.6) is 0 Å². The van der Waals surface area contributed by atoms with Crippen molar-refractivity contribution in [3.8, 4) is 0 Å². The van der Waals surface area contributed by atoms with E-state index in [2.05, 4.69) is 0 Å². The van der Waals surface area contributed by atoms with Gasteiger partial charge in [-0.25, -0.2) is 4.39 Å². The van der Waals surface area contributed by atoms with E-state index in [4.69, 9.17) is 0 Å². The fourth-order valence-electron chi connectivity index (χ4n) is 1.75. The molecule has 0 aromatic rings. The lowest BCUT2D eigenvalue weighted by Gasteiger charge is -2.53. The minimum atomic E-state index is -8.32. The summed E-state index contributed by atoms with van der Waals surface area (Å²) in [7, 11) is -8.32. The molecular formula is C7F14O2S. The molecule has 0 bridgehead atoms. The lowest BCUT2D eigenvalue weighted by atomic mass is 9.72. The fourth-order valence-corrected chi connectivity index (χ4v) is 2.35. The van der Waals surface area contributed by atoms with E-state index in [9.17, 15) is 69.4 Å². The van der Waals surface area contributed by atoms with Crippen molar-refractivity contribution in [2.45, 2.75) is 40.5 Å². The van der Waals surface area contributed by atoms with Gasteiger partial charge in [-0.3, -0.25) is 0 Å². The van der Waals surface area contributed by atoms with Gasteiger partial charge >= 0.3 is 50.8 Å². The smallest absolute Gasteiger partial charge is 0.222 e. The molecule has 0 atom stereocenters. The standard InChI is InChI=1S/C7F14O2S/c8-1(7(19,20)24(21,22)23)2(9,10)4(13,14)6(17,18)5(15,16)3(1,11)12. The normalized spacial score (nSPS) is 29.9. The summed E-state index contributed by atoms with van der Waals surface area (Å²) in [5.74, 6) is -40.1. The summed E-state index contributed by atoms with van der Waals surface area (Å²) in [6.07, 6.45) is 0. The van der Waals surface area contributed by atoms with Crippen LogP contribution in [0, 0.1) is 0 Å². The summed E-state index contributed by atoms with van der Waals surface area (Å²) < 4.78 is 200. The van der Waals surface area contributed by atoms with Crippen molar-refractivity contribution in [2.75, 3.05) is 0 Å². The van der Waals surface area contributed by atoms with E-state index < -0.39 is 50.8 Å². The molecule has 24 heavy (non-hydrogen) atoms. The second kappa shape index (κ2) is 4.38. The van der Waals surface area contributed by atoms with E-state index in [-0.39, 0.29) is 0 Å². The summed E-state index contributed by atoms with van der Waals surface area (Å²) >= 11 is 0. The van der Waals surface area contributed by atoms with Crippen LogP contribution in [-0.2, 0) is 10.2 Å². The monoisotopic (exact) mass is 414 g/mol. The van der Waals surface area contributed by atoms with Gasteiger partial charge in [-0.1, -0.05) is 3.89 Å². The summed E-state index contributed by atoms with van der Waals surface area (Å²) in [5, 5.41) is -7.96. The highest BCUT2D eigenvalue weighted by Crippen LogP contribution is 2.72. The van der Waals surface area contributed by atoms with Gasteiger partial charge in [0.1, 0.15) is 0 Å². The first-order chi connectivity index (χ1) is 10.0. The van der Waals surface area contributed by atoms with Crippen molar-refractivity contribution in [1.82, 2.24) is 0 Å². The Kier molecular flexibility index (Phi) is 3.83. The van der Waals surface area contributed by atoms with Gasteiger partial charge in [0.15, 0.2) is 0 Å². The molecule has 0 aromatic heterocycles. The SMILES string of the molecule is O=S(=O)(F)C(F)(F)C1(F)C(F)(F)C(F)(F)C(F)(F)C(F)(F)C1(F)F. The first kappa shape index (κ1) is 21.0. The van der Waals surface area contributed by atoms with Crippen LogP contribution in [0.25, 0.3) is 0 Å². The lowest BCUT2D eigenvalue weighted by molar-refractivity contribution is -0.499. The largest absolute Gasteiger partial charge is 0.419 e. The molecule has 0 amide bonds. The highest BCUT2D eigenvalue weighted by Gasteiger charge is 3.06. The summed E-state index contributed by atoms with van der Waals surface area (Å²) in [4.78, 5) is 0. The molecule has 0 unspecified atom stereocenters. The Hall–Kier alpha value is -1.03. The average molecular weight is 414 g/mol. The predicted octanol–water partition coefficient (Wildman–Crippen LogP) is 3.78. The second-order valence-electron chi connectivity index (χ2n) is 4.49. The van der Waals surface area contributed by atoms with Crippen molar-refractivity contribution in [3.05, 3.63) is 0 Å². The maximum atomic E-state index is 13.6. The first-order valence-electron chi connectivity index (χ1n) is 4.90. The maximum absolute atomic E-state index is 13.6. The van der Waals surface area contributed by atoms with E-state index in [1.54, 1.807) is 0 Å². The second-order valence-corrected chi connectivity index (χ2v) is 5.87. The van der Waals surface area contributed by atoms with Crippen LogP contribution in [0.15, 0.2) is 0 Å². The van der Waals surface area contributed by atoms with Crippen LogP contribution in [0.2, 0.25) is 0 Å². The lowest BCUT2D eigenvalue weighted by Crippen LogP contribution is -2.87. The Bertz CT molecular complexity index is 618. The molecule has 1 fully saturated rings. The topological polar surface area (TPSA) is 34.1 Å². The third kappa shape index (κ3) is 1.66. The Morgan fingerprint density at radius 3 is 0.958 bits per heavy atom. The van der Waals surface area contributed by atoms with Gasteiger partial charge in [0.25, 0.3) is 0 Å². The van der Waals surface area contributed by atoms with Crippen molar-refractivity contribution in [3.63, 3.8) is 0 Å². The van der Waals surface area contributed by atoms with Crippen LogP contribution < -0.4 is 0 Å². The average Bonchev–Trinajstić information content (AvgIpc) is 2.33. The Balaban J connectivity index is 4.11. The summed E-state index contributed by atoms with van der Waals surface area (Å²) in [5.41, 5.74) is -8.27. The maximum Gasteiger partial charge on any atom is 0.419 e. The van der Waals surface area contributed by atoms with Crippen molar-refractivity contribution >= 4 is 10.2 Å². The molecule has 1 rings (SSSR count). The zero-order valence-electron chi connectivity index (χ0n) is 10.0. The third-order valence-corrected chi connectivity index (χ3v) is 4.04. The van der Waals surface area contributed by atoms with Crippen molar-refractivity contribution in [2.24, 2.45) is 0 Å². The van der Waals surface area contributed by atoms with Gasteiger partial charge < -0.3 is 0 Å². The Labute approximate surface area is 121 Å². The zero-order valence-corrected chi connectivity index (χ0v) is 10.8. The number of hydrogen-bond donors (Lipinski definition) is 0. The molecule has 0 spiro atoms. The van der Waals surface area contributed by atoms with Gasteiger partial charge in [0.05, 0.1) is 0 Å². The zero-order chi connectivity index (χ0) is 20.0. The molecule has 1 aliphatic carbocycles. The predicted molar refractivity (Wildman–Crippen MR) is 43.5 cm³/mol. The minimum Gasteiger partial charge on any atom is -0.222 e. The molecule has 1 aliphatic rings. The highest BCUT2D eigenvalue weighted by atomic mass is 32.3. The highest BCUT2D eigenvalue weighted by molar-refractivity contribution is 7.87. The van der Waals surface area contributed by atoms with Crippen LogP contribution in [0.3, 0.4) is 0 Å². The van der Waals surface area contributed by atoms with Gasteiger partial charge in [-0.05, 0) is 0 Å². The molecule has 0 aromatic carbocycles. The van der Waals surface area contributed by atoms with Crippen LogP contribution in [0.4, 0.5) is 61.0 Å². The Morgan fingerprint density at radius 2 is 0.750 bits per heavy atom. The number of alkyl halides is 13.